The van der Waals surface area contributed by atoms with E-state index in [2.05, 4.69) is 40.4 Å². The van der Waals surface area contributed by atoms with Gasteiger partial charge >= 0.3 is 18.0 Å². The third-order valence-electron chi connectivity index (χ3n) is 16.1. The molecule has 14 nitrogen and oxygen atoms in total. The van der Waals surface area contributed by atoms with Crippen LogP contribution in [-0.4, -0.2) is 115 Å². The van der Waals surface area contributed by atoms with Crippen LogP contribution in [-0.2, 0) is 28.5 Å². The Bertz CT molecular complexity index is 1890. The van der Waals surface area contributed by atoms with Gasteiger partial charge < -0.3 is 50.6 Å². The van der Waals surface area contributed by atoms with Gasteiger partial charge in [0.05, 0.1) is 49.7 Å². The number of fused-ring (bicyclic) bond motifs is 6. The molecule has 7 aliphatic rings. The van der Waals surface area contributed by atoms with Gasteiger partial charge in [-0.15, -0.1) is 0 Å². The van der Waals surface area contributed by atoms with Crippen LogP contribution in [0.1, 0.15) is 108 Å². The fourth-order valence-corrected chi connectivity index (χ4v) is 14.5. The van der Waals surface area contributed by atoms with Gasteiger partial charge in [-0.2, -0.15) is 11.8 Å². The van der Waals surface area contributed by atoms with Gasteiger partial charge in [-0.1, -0.05) is 20.3 Å². The van der Waals surface area contributed by atoms with Crippen LogP contribution in [0.4, 0.5) is 10.5 Å². The summed E-state index contributed by atoms with van der Waals surface area (Å²) >= 11 is 7.35. The SMILES string of the molecule is C[C@]12CC[C@H](OC(=O)c3ccc(NC(=S)NCCOCCOCCNC(=O)CCCC[C@@H]4SC[C@@H]5NC(=O)N[C@@H]54)cc3)C[C@H]1CC[C@@H]1[C@@H]2CC[C@]2(C)[C@@H](C3=CC(=O)OC3)CC[C@]12O. The minimum absolute atomic E-state index is 0.0292. The van der Waals surface area contributed by atoms with Gasteiger partial charge in [-0.3, -0.25) is 4.79 Å². The Morgan fingerprint density at radius 2 is 1.70 bits per heavy atom. The maximum atomic E-state index is 13.3. The molecule has 0 bridgehead atoms. The normalized spacial score (nSPS) is 35.2. The molecule has 6 N–H and O–H groups in total. The van der Waals surface area contributed by atoms with Crippen LogP contribution in [0.15, 0.2) is 35.9 Å². The van der Waals surface area contributed by atoms with Crippen LogP contribution >= 0.6 is 24.0 Å². The van der Waals surface area contributed by atoms with Crippen molar-refractivity contribution < 1.29 is 43.2 Å². The lowest BCUT2D eigenvalue weighted by Gasteiger charge is -2.63. The van der Waals surface area contributed by atoms with E-state index in [0.717, 1.165) is 94.1 Å². The molecule has 16 heteroatoms. The third kappa shape index (κ3) is 10.0. The van der Waals surface area contributed by atoms with Crippen molar-refractivity contribution >= 4 is 58.7 Å². The number of rotatable bonds is 18. The molecule has 63 heavy (non-hydrogen) atoms. The number of carbonyl (C=O) groups is 4. The van der Waals surface area contributed by atoms with Crippen molar-refractivity contribution in [1.29, 1.82) is 0 Å². The number of urea groups is 1. The predicted molar refractivity (Wildman–Crippen MR) is 244 cm³/mol. The Kier molecular flexibility index (Phi) is 14.6. The number of nitrogens with one attached hydrogen (secondary N) is 5. The van der Waals surface area contributed by atoms with Crippen LogP contribution in [0.5, 0.6) is 0 Å². The van der Waals surface area contributed by atoms with Crippen molar-refractivity contribution in [2.75, 3.05) is 57.2 Å². The molecule has 11 atom stereocenters. The zero-order valence-electron chi connectivity index (χ0n) is 36.9. The zero-order chi connectivity index (χ0) is 44.2. The number of anilines is 1. The Labute approximate surface area is 381 Å². The van der Waals surface area contributed by atoms with E-state index in [4.69, 9.17) is 31.2 Å². The van der Waals surface area contributed by atoms with E-state index in [0.29, 0.717) is 80.3 Å². The van der Waals surface area contributed by atoms with Gasteiger partial charge in [0.1, 0.15) is 12.7 Å². The fraction of sp³-hybridized carbons (Fsp3) is 0.723. The smallest absolute Gasteiger partial charge is 0.338 e. The maximum Gasteiger partial charge on any atom is 0.338 e. The molecule has 1 aromatic rings. The summed E-state index contributed by atoms with van der Waals surface area (Å²) < 4.78 is 22.7. The molecule has 3 heterocycles. The molecule has 1 aromatic carbocycles. The second-order valence-corrected chi connectivity index (χ2v) is 21.2. The topological polar surface area (TPSA) is 186 Å². The van der Waals surface area contributed by atoms with E-state index in [1.165, 1.54) is 0 Å². The summed E-state index contributed by atoms with van der Waals surface area (Å²) in [4.78, 5) is 48.9. The number of aliphatic hydroxyl groups is 1. The molecule has 2 saturated heterocycles. The lowest BCUT2D eigenvalue weighted by atomic mass is 9.43. The first-order chi connectivity index (χ1) is 30.4. The summed E-state index contributed by atoms with van der Waals surface area (Å²) in [5.41, 5.74) is 1.45. The van der Waals surface area contributed by atoms with Crippen LogP contribution in [0.2, 0.25) is 0 Å². The standard InChI is InChI=1S/C47H67N5O9S2/c1-45-16-13-33(26-31(45)9-12-36-35(45)14-17-46(2)34(15-18-47(36,46)57)30-25-40(54)60-27-30)61-42(55)29-7-10-32(11-8-29)50-44(62)49-20-22-59-24-23-58-21-19-48-39(53)6-4-3-5-38-41-37(28-63-38)51-43(56)52-41/h7-8,10-11,25,31,33-38,41,57H,3-6,9,12-24,26-28H2,1-2H3,(H,48,53)(H2,49,50,62)(H2,51,52,56)/t31-,33+,34-,35+,36-,37+,38+,41+,45+,46-,47+/m1/s1. The van der Waals surface area contributed by atoms with Crippen molar-refractivity contribution in [3.8, 4) is 0 Å². The highest BCUT2D eigenvalue weighted by Gasteiger charge is 2.67. The number of esters is 2. The molecule has 0 radical (unpaired) electrons. The Morgan fingerprint density at radius 3 is 2.46 bits per heavy atom. The zero-order valence-corrected chi connectivity index (χ0v) is 38.5. The molecule has 0 aromatic heterocycles. The minimum atomic E-state index is -0.738. The monoisotopic (exact) mass is 909 g/mol. The maximum absolute atomic E-state index is 13.3. The molecule has 8 rings (SSSR count). The van der Waals surface area contributed by atoms with Gasteiger partial charge in [0.25, 0.3) is 0 Å². The van der Waals surface area contributed by atoms with Gasteiger partial charge in [0.2, 0.25) is 5.91 Å². The summed E-state index contributed by atoms with van der Waals surface area (Å²) in [6, 6.07) is 7.55. The van der Waals surface area contributed by atoms with Gasteiger partial charge in [-0.25, -0.2) is 14.4 Å². The van der Waals surface area contributed by atoms with Gasteiger partial charge in [0, 0.05) is 47.7 Å². The first-order valence-corrected chi connectivity index (χ1v) is 24.9. The second-order valence-electron chi connectivity index (χ2n) is 19.5. The molecule has 346 valence electrons. The largest absolute Gasteiger partial charge is 0.459 e. The molecule has 3 aliphatic heterocycles. The lowest BCUT2D eigenvalue weighted by molar-refractivity contribution is -0.208. The van der Waals surface area contributed by atoms with Crippen LogP contribution in [0.25, 0.3) is 0 Å². The average Bonchev–Trinajstić information content (AvgIpc) is 4.02. The number of ether oxygens (including phenoxy) is 4. The molecule has 0 unspecified atom stereocenters. The number of carbonyl (C=O) groups excluding carboxylic acids is 4. The first kappa shape index (κ1) is 46.1. The minimum Gasteiger partial charge on any atom is -0.459 e. The van der Waals surface area contributed by atoms with E-state index in [9.17, 15) is 24.3 Å². The number of amides is 3. The van der Waals surface area contributed by atoms with E-state index >= 15 is 0 Å². The molecular formula is C47H67N5O9S2. The van der Waals surface area contributed by atoms with Gasteiger partial charge in [-0.05, 0) is 142 Å². The summed E-state index contributed by atoms with van der Waals surface area (Å²) in [5.74, 6) is 1.74. The summed E-state index contributed by atoms with van der Waals surface area (Å²) in [5, 5.41) is 28.6. The number of hydrogen-bond donors (Lipinski definition) is 6. The number of benzene rings is 1. The first-order valence-electron chi connectivity index (χ1n) is 23.4. The van der Waals surface area contributed by atoms with Crippen molar-refractivity contribution in [2.24, 2.45) is 34.5 Å². The van der Waals surface area contributed by atoms with E-state index in [1.54, 1.807) is 18.2 Å². The van der Waals surface area contributed by atoms with Crippen molar-refractivity contribution in [2.45, 2.75) is 126 Å². The number of hydrogen-bond acceptors (Lipinski definition) is 11. The number of unbranched alkanes of at least 4 members (excludes halogenated alkanes) is 1. The highest BCUT2D eigenvalue weighted by molar-refractivity contribution is 8.00. The number of thioether (sulfide) groups is 1. The highest BCUT2D eigenvalue weighted by atomic mass is 32.2. The van der Waals surface area contributed by atoms with Gasteiger partial charge in [0.15, 0.2) is 5.11 Å². The average molecular weight is 910 g/mol. The quantitative estimate of drug-likeness (QED) is 0.0462. The lowest BCUT2D eigenvalue weighted by Crippen LogP contribution is -2.62. The van der Waals surface area contributed by atoms with E-state index in [-0.39, 0.29) is 64.7 Å². The van der Waals surface area contributed by atoms with Crippen LogP contribution in [0.3, 0.4) is 0 Å². The third-order valence-corrected chi connectivity index (χ3v) is 17.9. The Morgan fingerprint density at radius 1 is 0.921 bits per heavy atom. The summed E-state index contributed by atoms with van der Waals surface area (Å²) in [7, 11) is 0. The van der Waals surface area contributed by atoms with Crippen LogP contribution < -0.4 is 26.6 Å². The molecule has 4 saturated carbocycles. The molecule has 6 fully saturated rings. The molecular weight excluding hydrogens is 843 g/mol. The van der Waals surface area contributed by atoms with Crippen LogP contribution in [0, 0.1) is 34.5 Å². The fourth-order valence-electron chi connectivity index (χ4n) is 12.7. The number of cyclic esters (lactones) is 1. The summed E-state index contributed by atoms with van der Waals surface area (Å²) in [6.07, 6.45) is 13.2. The Hall–Kier alpha value is -3.44. The molecule has 3 amide bonds. The van der Waals surface area contributed by atoms with Crippen molar-refractivity contribution in [1.82, 2.24) is 21.3 Å². The van der Waals surface area contributed by atoms with E-state index < -0.39 is 5.60 Å². The van der Waals surface area contributed by atoms with Crippen molar-refractivity contribution in [3.05, 3.63) is 41.5 Å². The highest BCUT2D eigenvalue weighted by Crippen LogP contribution is 2.70. The predicted octanol–water partition coefficient (Wildman–Crippen LogP) is 5.63. The van der Waals surface area contributed by atoms with E-state index in [1.807, 2.05) is 23.9 Å². The molecule has 0 spiro atoms. The second kappa shape index (κ2) is 20.0. The van der Waals surface area contributed by atoms with Crippen molar-refractivity contribution in [3.63, 3.8) is 0 Å². The number of thiocarbonyl (C=S) groups is 1. The summed E-state index contributed by atoms with van der Waals surface area (Å²) in [6.45, 7) is 7.76. The Balaban J connectivity index is 0.662. The molecule has 4 aliphatic carbocycles.